The lowest BCUT2D eigenvalue weighted by Gasteiger charge is -2.34. The van der Waals surface area contributed by atoms with Gasteiger partial charge in [-0.2, -0.15) is 0 Å². The highest BCUT2D eigenvalue weighted by Gasteiger charge is 2.36. The maximum Gasteiger partial charge on any atom is 0.407 e. The first-order valence-corrected chi connectivity index (χ1v) is 7.82. The van der Waals surface area contributed by atoms with Gasteiger partial charge in [-0.15, -0.1) is 0 Å². The Morgan fingerprint density at radius 1 is 1.33 bits per heavy atom. The number of hydrogen-bond donors (Lipinski definition) is 2. The normalized spacial score (nSPS) is 22.8. The van der Waals surface area contributed by atoms with Crippen LogP contribution < -0.4 is 5.32 Å². The van der Waals surface area contributed by atoms with Gasteiger partial charge < -0.3 is 15.2 Å². The van der Waals surface area contributed by atoms with Gasteiger partial charge >= 0.3 is 6.09 Å². The van der Waals surface area contributed by atoms with E-state index >= 15 is 0 Å². The minimum absolute atomic E-state index is 0.0160. The SMILES string of the molecule is CC(C)[C@H](NC(=O)OC(C)(C)C)C(O)C1CCCCC1=O. The number of ether oxygens (including phenoxy) is 1. The van der Waals surface area contributed by atoms with Crippen molar-refractivity contribution >= 4 is 11.9 Å². The molecule has 5 nitrogen and oxygen atoms in total. The average Bonchev–Trinajstić information content (AvgIpc) is 2.33. The number of amides is 1. The van der Waals surface area contributed by atoms with Crippen molar-refractivity contribution in [3.63, 3.8) is 0 Å². The Hall–Kier alpha value is -1.10. The summed E-state index contributed by atoms with van der Waals surface area (Å²) in [4.78, 5) is 23.9. The zero-order valence-electron chi connectivity index (χ0n) is 13.8. The molecule has 3 atom stereocenters. The Morgan fingerprint density at radius 2 is 1.95 bits per heavy atom. The van der Waals surface area contributed by atoms with Gasteiger partial charge in [0.05, 0.1) is 12.1 Å². The number of ketones is 1. The molecule has 1 saturated carbocycles. The summed E-state index contributed by atoms with van der Waals surface area (Å²) in [6.07, 6.45) is 1.66. The van der Waals surface area contributed by atoms with Crippen molar-refractivity contribution in [2.75, 3.05) is 0 Å². The van der Waals surface area contributed by atoms with Crippen LogP contribution in [-0.2, 0) is 9.53 Å². The zero-order chi connectivity index (χ0) is 16.2. The Balaban J connectivity index is 2.72. The standard InChI is InChI=1S/C16H29NO4/c1-10(2)13(17-15(20)21-16(3,4)5)14(19)11-8-6-7-9-12(11)18/h10-11,13-14,19H,6-9H2,1-5H3,(H,17,20)/t11?,13-,14?/m0/s1. The van der Waals surface area contributed by atoms with Crippen molar-refractivity contribution in [1.29, 1.82) is 0 Å². The maximum atomic E-state index is 12.0. The van der Waals surface area contributed by atoms with E-state index in [0.29, 0.717) is 12.8 Å². The molecule has 0 bridgehead atoms. The number of aliphatic hydroxyl groups is 1. The van der Waals surface area contributed by atoms with Crippen LogP contribution in [0.3, 0.4) is 0 Å². The Labute approximate surface area is 127 Å². The second kappa shape index (κ2) is 7.25. The van der Waals surface area contributed by atoms with E-state index in [0.717, 1.165) is 12.8 Å². The van der Waals surface area contributed by atoms with Gasteiger partial charge in [0.25, 0.3) is 0 Å². The third kappa shape index (κ3) is 5.65. The van der Waals surface area contributed by atoms with Gasteiger partial charge in [0, 0.05) is 12.3 Å². The molecule has 1 aliphatic carbocycles. The van der Waals surface area contributed by atoms with Crippen molar-refractivity contribution in [2.45, 2.75) is 78.0 Å². The highest BCUT2D eigenvalue weighted by molar-refractivity contribution is 5.82. The summed E-state index contributed by atoms with van der Waals surface area (Å²) in [6, 6.07) is -0.480. The number of carbonyl (C=O) groups excluding carboxylic acids is 2. The fourth-order valence-electron chi connectivity index (χ4n) is 2.71. The fraction of sp³-hybridized carbons (Fsp3) is 0.875. The van der Waals surface area contributed by atoms with E-state index < -0.39 is 23.8 Å². The molecule has 0 spiro atoms. The van der Waals surface area contributed by atoms with Crippen molar-refractivity contribution in [1.82, 2.24) is 5.32 Å². The summed E-state index contributed by atoms with van der Waals surface area (Å²) in [5.74, 6) is -0.256. The van der Waals surface area contributed by atoms with Gasteiger partial charge in [-0.25, -0.2) is 4.79 Å². The number of hydrogen-bond acceptors (Lipinski definition) is 4. The van der Waals surface area contributed by atoms with Gasteiger partial charge in [-0.3, -0.25) is 4.79 Å². The zero-order valence-corrected chi connectivity index (χ0v) is 13.8. The molecule has 2 N–H and O–H groups in total. The third-order valence-electron chi connectivity index (χ3n) is 3.78. The molecule has 122 valence electrons. The second-order valence-electron chi connectivity index (χ2n) is 7.23. The van der Waals surface area contributed by atoms with Gasteiger partial charge in [-0.1, -0.05) is 20.3 Å². The summed E-state index contributed by atoms with van der Waals surface area (Å²) < 4.78 is 5.24. The first kappa shape index (κ1) is 18.0. The number of Topliss-reactive ketones (excluding diaryl/α,β-unsaturated/α-hetero) is 1. The molecule has 0 saturated heterocycles. The lowest BCUT2D eigenvalue weighted by molar-refractivity contribution is -0.129. The molecule has 2 unspecified atom stereocenters. The van der Waals surface area contributed by atoms with E-state index in [2.05, 4.69) is 5.32 Å². The predicted molar refractivity (Wildman–Crippen MR) is 81.0 cm³/mol. The minimum Gasteiger partial charge on any atom is -0.444 e. The predicted octanol–water partition coefficient (Wildman–Crippen LogP) is 2.66. The minimum atomic E-state index is -0.856. The van der Waals surface area contributed by atoms with Crippen molar-refractivity contribution in [3.8, 4) is 0 Å². The van der Waals surface area contributed by atoms with Crippen LogP contribution in [0, 0.1) is 11.8 Å². The van der Waals surface area contributed by atoms with Crippen LogP contribution in [0.5, 0.6) is 0 Å². The molecule has 0 aliphatic heterocycles. The second-order valence-corrected chi connectivity index (χ2v) is 7.23. The molecule has 0 radical (unpaired) electrons. The van der Waals surface area contributed by atoms with Crippen LogP contribution in [0.25, 0.3) is 0 Å². The maximum absolute atomic E-state index is 12.0. The number of aliphatic hydroxyl groups excluding tert-OH is 1. The number of nitrogens with one attached hydrogen (secondary N) is 1. The fourth-order valence-corrected chi connectivity index (χ4v) is 2.71. The highest BCUT2D eigenvalue weighted by Crippen LogP contribution is 2.27. The van der Waals surface area contributed by atoms with Crippen molar-refractivity contribution in [3.05, 3.63) is 0 Å². The van der Waals surface area contributed by atoms with Crippen LogP contribution in [-0.4, -0.2) is 34.7 Å². The molecule has 0 heterocycles. The summed E-state index contributed by atoms with van der Waals surface area (Å²) in [5.41, 5.74) is -0.586. The van der Waals surface area contributed by atoms with Crippen molar-refractivity contribution in [2.24, 2.45) is 11.8 Å². The summed E-state index contributed by atoms with van der Waals surface area (Å²) >= 11 is 0. The van der Waals surface area contributed by atoms with Gasteiger partial charge in [-0.05, 0) is 39.5 Å². The number of carbonyl (C=O) groups is 2. The van der Waals surface area contributed by atoms with E-state index in [1.807, 2.05) is 13.8 Å². The molecule has 21 heavy (non-hydrogen) atoms. The first-order valence-electron chi connectivity index (χ1n) is 7.82. The van der Waals surface area contributed by atoms with Crippen molar-refractivity contribution < 1.29 is 19.4 Å². The molecule has 1 aliphatic rings. The molecular weight excluding hydrogens is 270 g/mol. The number of rotatable bonds is 4. The van der Waals surface area contributed by atoms with Crippen LogP contribution >= 0.6 is 0 Å². The van der Waals surface area contributed by atoms with Crippen LogP contribution in [0.2, 0.25) is 0 Å². The summed E-state index contributed by atoms with van der Waals surface area (Å²) in [5, 5.41) is 13.3. The smallest absolute Gasteiger partial charge is 0.407 e. The Kier molecular flexibility index (Phi) is 6.20. The van der Waals surface area contributed by atoms with Gasteiger partial charge in [0.1, 0.15) is 11.4 Å². The highest BCUT2D eigenvalue weighted by atomic mass is 16.6. The van der Waals surface area contributed by atoms with Gasteiger partial charge in [0.2, 0.25) is 0 Å². The molecule has 5 heteroatoms. The molecule has 0 aromatic rings. The van der Waals surface area contributed by atoms with Crippen LogP contribution in [0.1, 0.15) is 60.3 Å². The lowest BCUT2D eigenvalue weighted by Crippen LogP contribution is -2.52. The van der Waals surface area contributed by atoms with Gasteiger partial charge in [0.15, 0.2) is 0 Å². The van der Waals surface area contributed by atoms with E-state index in [1.165, 1.54) is 0 Å². The van der Waals surface area contributed by atoms with E-state index in [9.17, 15) is 14.7 Å². The summed E-state index contributed by atoms with van der Waals surface area (Å²) in [7, 11) is 0. The third-order valence-corrected chi connectivity index (χ3v) is 3.78. The van der Waals surface area contributed by atoms with E-state index in [-0.39, 0.29) is 17.6 Å². The molecule has 0 aromatic carbocycles. The van der Waals surface area contributed by atoms with E-state index in [4.69, 9.17) is 4.74 Å². The molecule has 1 fully saturated rings. The molecule has 0 aromatic heterocycles. The molecule has 1 rings (SSSR count). The van der Waals surface area contributed by atoms with Crippen LogP contribution in [0.15, 0.2) is 0 Å². The first-order chi connectivity index (χ1) is 9.61. The largest absolute Gasteiger partial charge is 0.444 e. The average molecular weight is 299 g/mol. The lowest BCUT2D eigenvalue weighted by atomic mass is 9.79. The molecular formula is C16H29NO4. The Morgan fingerprint density at radius 3 is 2.43 bits per heavy atom. The molecule has 1 amide bonds. The Bertz CT molecular complexity index is 373. The van der Waals surface area contributed by atoms with Crippen LogP contribution in [0.4, 0.5) is 4.79 Å². The quantitative estimate of drug-likeness (QED) is 0.837. The van der Waals surface area contributed by atoms with E-state index in [1.54, 1.807) is 20.8 Å². The summed E-state index contributed by atoms with van der Waals surface area (Å²) in [6.45, 7) is 9.20. The number of alkyl carbamates (subject to hydrolysis) is 1. The topological polar surface area (TPSA) is 75.6 Å². The monoisotopic (exact) mass is 299 g/mol.